The van der Waals surface area contributed by atoms with Gasteiger partial charge in [-0.2, -0.15) is 0 Å². The van der Waals surface area contributed by atoms with Gasteiger partial charge >= 0.3 is 5.97 Å². The quantitative estimate of drug-likeness (QED) is 0.808. The van der Waals surface area contributed by atoms with Crippen LogP contribution in [0.2, 0.25) is 0 Å². The Morgan fingerprint density at radius 2 is 2.09 bits per heavy atom. The second-order valence-electron chi connectivity index (χ2n) is 4.36. The Balaban J connectivity index is 2.28. The smallest absolute Gasteiger partial charge is 0.356 e. The molecular formula is C14H12BrN3O4. The summed E-state index contributed by atoms with van der Waals surface area (Å²) in [6.07, 6.45) is 1.32. The van der Waals surface area contributed by atoms with Gasteiger partial charge in [0, 0.05) is 21.9 Å². The molecule has 7 nitrogen and oxygen atoms in total. The van der Waals surface area contributed by atoms with Crippen molar-refractivity contribution in [3.63, 3.8) is 0 Å². The normalized spacial score (nSPS) is 10.1. The van der Waals surface area contributed by atoms with E-state index in [-0.39, 0.29) is 16.9 Å². The number of pyridine rings is 2. The Morgan fingerprint density at radius 3 is 2.77 bits per heavy atom. The summed E-state index contributed by atoms with van der Waals surface area (Å²) in [5, 5.41) is 2.49. The van der Waals surface area contributed by atoms with Gasteiger partial charge in [0.25, 0.3) is 11.5 Å². The van der Waals surface area contributed by atoms with Gasteiger partial charge in [0.05, 0.1) is 7.11 Å². The summed E-state index contributed by atoms with van der Waals surface area (Å²) in [6.45, 7) is 1.72. The Labute approximate surface area is 133 Å². The minimum Gasteiger partial charge on any atom is -0.464 e. The van der Waals surface area contributed by atoms with E-state index in [0.29, 0.717) is 10.2 Å². The number of hydrogen-bond acceptors (Lipinski definition) is 5. The van der Waals surface area contributed by atoms with E-state index in [1.165, 1.54) is 31.5 Å². The molecule has 1 amide bonds. The second kappa shape index (κ2) is 6.52. The van der Waals surface area contributed by atoms with Crippen molar-refractivity contribution < 1.29 is 14.3 Å². The number of halogens is 1. The number of aromatic nitrogens is 2. The lowest BCUT2D eigenvalue weighted by molar-refractivity contribution is 0.0594. The zero-order valence-electron chi connectivity index (χ0n) is 11.8. The molecule has 0 atom stereocenters. The average Bonchev–Trinajstić information content (AvgIpc) is 2.51. The van der Waals surface area contributed by atoms with Crippen LogP contribution in [-0.4, -0.2) is 29.0 Å². The Hall–Kier alpha value is -2.48. The molecule has 0 unspecified atom stereocenters. The molecule has 0 aliphatic carbocycles. The summed E-state index contributed by atoms with van der Waals surface area (Å²) in [5.41, 5.74) is 0.524. The van der Waals surface area contributed by atoms with E-state index >= 15 is 0 Å². The van der Waals surface area contributed by atoms with E-state index < -0.39 is 17.4 Å². The Morgan fingerprint density at radius 1 is 1.36 bits per heavy atom. The Kier molecular flexibility index (Phi) is 4.71. The van der Waals surface area contributed by atoms with Crippen LogP contribution in [0.3, 0.4) is 0 Å². The van der Waals surface area contributed by atoms with E-state index in [2.05, 4.69) is 36.0 Å². The van der Waals surface area contributed by atoms with Crippen LogP contribution in [0.25, 0.3) is 0 Å². The number of rotatable bonds is 3. The largest absolute Gasteiger partial charge is 0.464 e. The number of carbonyl (C=O) groups is 2. The van der Waals surface area contributed by atoms with Crippen LogP contribution in [0.4, 0.5) is 5.69 Å². The lowest BCUT2D eigenvalue weighted by Gasteiger charge is -2.07. The van der Waals surface area contributed by atoms with E-state index in [4.69, 9.17) is 0 Å². The molecule has 0 saturated carbocycles. The standard InChI is InChI=1S/C14H12BrN3O4/c1-7-9(15)6-10(13(20)17-7)18-12(19)8-3-4-16-11(5-8)14(21)22-2/h3-6H,1-2H3,(H,17,20)(H,18,19). The number of ether oxygens (including phenoxy) is 1. The molecule has 0 radical (unpaired) electrons. The van der Waals surface area contributed by atoms with Crippen LogP contribution in [0.1, 0.15) is 26.5 Å². The molecule has 0 saturated heterocycles. The molecule has 0 aromatic carbocycles. The van der Waals surface area contributed by atoms with Gasteiger partial charge in [0.15, 0.2) is 0 Å². The SMILES string of the molecule is COC(=O)c1cc(C(=O)Nc2cc(Br)c(C)[nH]c2=O)ccn1. The van der Waals surface area contributed by atoms with Crippen LogP contribution in [0, 0.1) is 6.92 Å². The van der Waals surface area contributed by atoms with Gasteiger partial charge in [-0.1, -0.05) is 0 Å². The van der Waals surface area contributed by atoms with Gasteiger partial charge in [-0.3, -0.25) is 9.59 Å². The van der Waals surface area contributed by atoms with Crippen molar-refractivity contribution in [2.45, 2.75) is 6.92 Å². The molecule has 0 aliphatic heterocycles. The van der Waals surface area contributed by atoms with E-state index in [9.17, 15) is 14.4 Å². The van der Waals surface area contributed by atoms with Crippen molar-refractivity contribution in [3.05, 3.63) is 56.2 Å². The highest BCUT2D eigenvalue weighted by Gasteiger charge is 2.14. The summed E-state index contributed by atoms with van der Waals surface area (Å²) < 4.78 is 5.20. The fourth-order valence-corrected chi connectivity index (χ4v) is 2.00. The number of aromatic amines is 1. The third-order valence-corrected chi connectivity index (χ3v) is 3.66. The number of carbonyl (C=O) groups excluding carboxylic acids is 2. The third-order valence-electron chi connectivity index (χ3n) is 2.84. The van der Waals surface area contributed by atoms with Crippen molar-refractivity contribution in [1.82, 2.24) is 9.97 Å². The number of hydrogen-bond donors (Lipinski definition) is 2. The summed E-state index contributed by atoms with van der Waals surface area (Å²) in [4.78, 5) is 41.8. The Bertz CT molecular complexity index is 801. The van der Waals surface area contributed by atoms with Gasteiger partial charge in [-0.25, -0.2) is 9.78 Å². The molecule has 2 N–H and O–H groups in total. The lowest BCUT2D eigenvalue weighted by atomic mass is 10.2. The van der Waals surface area contributed by atoms with E-state index in [1.807, 2.05) is 0 Å². The number of methoxy groups -OCH3 is 1. The number of esters is 1. The van der Waals surface area contributed by atoms with Crippen LogP contribution in [0.15, 0.2) is 33.7 Å². The maximum atomic E-state index is 12.2. The van der Waals surface area contributed by atoms with Crippen LogP contribution < -0.4 is 10.9 Å². The van der Waals surface area contributed by atoms with Crippen molar-refractivity contribution in [1.29, 1.82) is 0 Å². The summed E-state index contributed by atoms with van der Waals surface area (Å²) in [6, 6.07) is 4.23. The maximum Gasteiger partial charge on any atom is 0.356 e. The number of H-pyrrole nitrogens is 1. The maximum absolute atomic E-state index is 12.2. The number of aryl methyl sites for hydroxylation is 1. The number of anilines is 1. The first-order valence-electron chi connectivity index (χ1n) is 6.17. The highest BCUT2D eigenvalue weighted by Crippen LogP contribution is 2.16. The van der Waals surface area contributed by atoms with Crippen molar-refractivity contribution in [2.75, 3.05) is 12.4 Å². The third kappa shape index (κ3) is 3.40. The van der Waals surface area contributed by atoms with Crippen LogP contribution in [-0.2, 0) is 4.74 Å². The molecule has 0 aliphatic rings. The first-order valence-corrected chi connectivity index (χ1v) is 6.97. The molecule has 0 spiro atoms. The summed E-state index contributed by atoms with van der Waals surface area (Å²) in [5.74, 6) is -1.18. The first-order chi connectivity index (χ1) is 10.4. The fourth-order valence-electron chi connectivity index (χ4n) is 1.67. The molecule has 8 heteroatoms. The van der Waals surface area contributed by atoms with Crippen molar-refractivity contribution >= 4 is 33.5 Å². The van der Waals surface area contributed by atoms with Crippen molar-refractivity contribution in [3.8, 4) is 0 Å². The molecule has 0 fully saturated rings. The molecule has 22 heavy (non-hydrogen) atoms. The first kappa shape index (κ1) is 15.9. The van der Waals surface area contributed by atoms with Crippen LogP contribution in [0.5, 0.6) is 0 Å². The molecule has 2 aromatic rings. The van der Waals surface area contributed by atoms with Crippen LogP contribution >= 0.6 is 15.9 Å². The molecular weight excluding hydrogens is 354 g/mol. The lowest BCUT2D eigenvalue weighted by Crippen LogP contribution is -2.21. The zero-order chi connectivity index (χ0) is 16.3. The zero-order valence-corrected chi connectivity index (χ0v) is 13.4. The highest BCUT2D eigenvalue weighted by atomic mass is 79.9. The number of nitrogens with one attached hydrogen (secondary N) is 2. The van der Waals surface area contributed by atoms with Gasteiger partial charge in [0.1, 0.15) is 11.4 Å². The van der Waals surface area contributed by atoms with Gasteiger partial charge in [-0.15, -0.1) is 0 Å². The highest BCUT2D eigenvalue weighted by molar-refractivity contribution is 9.10. The summed E-state index contributed by atoms with van der Waals surface area (Å²) >= 11 is 3.27. The molecule has 2 heterocycles. The van der Waals surface area contributed by atoms with Gasteiger partial charge in [0.2, 0.25) is 0 Å². The van der Waals surface area contributed by atoms with E-state index in [1.54, 1.807) is 6.92 Å². The number of amides is 1. The summed E-state index contributed by atoms with van der Waals surface area (Å²) in [7, 11) is 1.22. The van der Waals surface area contributed by atoms with Gasteiger partial charge in [-0.05, 0) is 41.1 Å². The molecule has 2 aromatic heterocycles. The fraction of sp³-hybridized carbons (Fsp3) is 0.143. The monoisotopic (exact) mass is 365 g/mol. The minimum atomic E-state index is -0.648. The van der Waals surface area contributed by atoms with Gasteiger partial charge < -0.3 is 15.0 Å². The van der Waals surface area contributed by atoms with Crippen molar-refractivity contribution in [2.24, 2.45) is 0 Å². The minimum absolute atomic E-state index is 0.00847. The molecule has 0 bridgehead atoms. The molecule has 114 valence electrons. The topological polar surface area (TPSA) is 101 Å². The van der Waals surface area contributed by atoms with E-state index in [0.717, 1.165) is 0 Å². The average molecular weight is 366 g/mol. The number of nitrogens with zero attached hydrogens (tertiary/aromatic N) is 1. The predicted molar refractivity (Wildman–Crippen MR) is 83.0 cm³/mol. The molecule has 2 rings (SSSR count). The predicted octanol–water partition coefficient (Wildman–Crippen LogP) is 1.88. The second-order valence-corrected chi connectivity index (χ2v) is 5.21.